The first-order valence-corrected chi connectivity index (χ1v) is 16.5. The van der Waals surface area contributed by atoms with Crippen LogP contribution in [0.25, 0.3) is 21.6 Å². The van der Waals surface area contributed by atoms with Crippen molar-refractivity contribution in [2.24, 2.45) is 0 Å². The molecule has 48 heavy (non-hydrogen) atoms. The Kier molecular flexibility index (Phi) is 10.4. The lowest BCUT2D eigenvalue weighted by Crippen LogP contribution is -2.27. The highest BCUT2D eigenvalue weighted by atomic mass is 32.1. The van der Waals surface area contributed by atoms with Crippen LogP contribution >= 0.6 is 11.3 Å². The summed E-state index contributed by atoms with van der Waals surface area (Å²) < 4.78 is 16.5. The maximum absolute atomic E-state index is 14.0. The number of carbonyl (C=O) groups is 4. The highest BCUT2D eigenvalue weighted by molar-refractivity contribution is 7.13. The van der Waals surface area contributed by atoms with E-state index in [1.165, 1.54) is 13.2 Å². The van der Waals surface area contributed by atoms with Crippen LogP contribution in [0.5, 0.6) is 5.75 Å². The molecular weight excluding hydrogens is 632 g/mol. The molecule has 11 nitrogen and oxygen atoms in total. The average Bonchev–Trinajstić information content (AvgIpc) is 3.46. The van der Waals surface area contributed by atoms with E-state index in [0.717, 1.165) is 28.0 Å². The number of nitrogens with one attached hydrogen (secondary N) is 3. The Morgan fingerprint density at radius 3 is 2.42 bits per heavy atom. The van der Waals surface area contributed by atoms with Gasteiger partial charge in [-0.3, -0.25) is 14.9 Å². The fourth-order valence-electron chi connectivity index (χ4n) is 5.12. The van der Waals surface area contributed by atoms with Crippen molar-refractivity contribution in [2.75, 3.05) is 25.6 Å². The van der Waals surface area contributed by atoms with Crippen LogP contribution in [0.4, 0.5) is 10.5 Å². The van der Waals surface area contributed by atoms with E-state index in [4.69, 9.17) is 14.2 Å². The lowest BCUT2D eigenvalue weighted by molar-refractivity contribution is 0.0592. The quantitative estimate of drug-likeness (QED) is 0.169. The Hall–Kier alpha value is -5.23. The minimum Gasteiger partial charge on any atom is -0.493 e. The van der Waals surface area contributed by atoms with Gasteiger partial charge in [0.2, 0.25) is 0 Å². The summed E-state index contributed by atoms with van der Waals surface area (Å²) in [5, 5.41) is 10.5. The Balaban J connectivity index is 1.49. The van der Waals surface area contributed by atoms with E-state index in [1.807, 2.05) is 12.3 Å². The molecular formula is C36H38N4O7S. The first-order chi connectivity index (χ1) is 23.0. The van der Waals surface area contributed by atoms with Gasteiger partial charge in [0.05, 0.1) is 13.7 Å². The highest BCUT2D eigenvalue weighted by Crippen LogP contribution is 2.43. The summed E-state index contributed by atoms with van der Waals surface area (Å²) in [6.07, 6.45) is 0.882. The first kappa shape index (κ1) is 34.1. The number of hydrogen-bond acceptors (Lipinski definition) is 9. The van der Waals surface area contributed by atoms with E-state index in [9.17, 15) is 19.2 Å². The number of pyridine rings is 1. The van der Waals surface area contributed by atoms with E-state index in [0.29, 0.717) is 42.1 Å². The van der Waals surface area contributed by atoms with Crippen LogP contribution in [-0.4, -0.2) is 54.7 Å². The number of ether oxygens (including phenoxy) is 3. The first-order valence-electron chi connectivity index (χ1n) is 15.6. The van der Waals surface area contributed by atoms with Gasteiger partial charge in [-0.2, -0.15) is 0 Å². The molecule has 12 heteroatoms. The summed E-state index contributed by atoms with van der Waals surface area (Å²) in [5.41, 5.74) is 3.56. The van der Waals surface area contributed by atoms with Crippen LogP contribution in [0, 0.1) is 0 Å². The number of hydrogen-bond donors (Lipinski definition) is 3. The number of carbonyl (C=O) groups excluding carboxylic acids is 4. The van der Waals surface area contributed by atoms with Gasteiger partial charge in [0.1, 0.15) is 17.0 Å². The van der Waals surface area contributed by atoms with E-state index in [-0.39, 0.29) is 23.5 Å². The van der Waals surface area contributed by atoms with Gasteiger partial charge < -0.3 is 24.8 Å². The maximum atomic E-state index is 14.0. The second-order valence-corrected chi connectivity index (χ2v) is 13.0. The molecule has 250 valence electrons. The molecule has 0 aliphatic carbocycles. The SMILES string of the molecule is CCCNC(=O)c1ccc(-c2cc3c(cc2C(=O)NCc2ccc(NC(=O)OC(C)(C)C)cc2)-c2sccc2CCO3)c(C(=O)OC)n1. The summed E-state index contributed by atoms with van der Waals surface area (Å²) in [5.74, 6) is -1.00. The molecule has 0 saturated heterocycles. The minimum atomic E-state index is -0.752. The third-order valence-electron chi connectivity index (χ3n) is 7.37. The third-order valence-corrected chi connectivity index (χ3v) is 8.36. The molecule has 0 unspecified atom stereocenters. The van der Waals surface area contributed by atoms with Crippen LogP contribution in [-0.2, 0) is 22.4 Å². The molecule has 2 aromatic carbocycles. The fraction of sp³-hybridized carbons (Fsp3) is 0.306. The number of amides is 3. The van der Waals surface area contributed by atoms with Gasteiger partial charge in [-0.15, -0.1) is 11.3 Å². The molecule has 3 heterocycles. The van der Waals surface area contributed by atoms with E-state index < -0.39 is 29.5 Å². The van der Waals surface area contributed by atoms with Crippen molar-refractivity contribution in [3.63, 3.8) is 0 Å². The molecule has 2 aromatic heterocycles. The Morgan fingerprint density at radius 1 is 0.938 bits per heavy atom. The van der Waals surface area contributed by atoms with Crippen molar-refractivity contribution in [1.29, 1.82) is 0 Å². The van der Waals surface area contributed by atoms with Gasteiger partial charge in [0, 0.05) is 52.3 Å². The summed E-state index contributed by atoms with van der Waals surface area (Å²) in [4.78, 5) is 57.3. The maximum Gasteiger partial charge on any atom is 0.412 e. The molecule has 1 aliphatic rings. The van der Waals surface area contributed by atoms with Gasteiger partial charge in [-0.1, -0.05) is 19.1 Å². The van der Waals surface area contributed by atoms with Crippen molar-refractivity contribution in [2.45, 2.75) is 52.7 Å². The van der Waals surface area contributed by atoms with Crippen LogP contribution in [0.1, 0.15) is 76.6 Å². The number of benzene rings is 2. The topological polar surface area (TPSA) is 145 Å². The minimum absolute atomic E-state index is 0.0532. The van der Waals surface area contributed by atoms with Gasteiger partial charge in [-0.25, -0.2) is 14.6 Å². The van der Waals surface area contributed by atoms with Crippen molar-refractivity contribution in [3.05, 3.63) is 88.1 Å². The Labute approximate surface area is 283 Å². The summed E-state index contributed by atoms with van der Waals surface area (Å²) >= 11 is 1.56. The van der Waals surface area contributed by atoms with Gasteiger partial charge in [0.15, 0.2) is 5.69 Å². The van der Waals surface area contributed by atoms with Crippen LogP contribution in [0.2, 0.25) is 0 Å². The number of methoxy groups -OCH3 is 1. The summed E-state index contributed by atoms with van der Waals surface area (Å²) in [6, 6.07) is 15.7. The Morgan fingerprint density at radius 2 is 1.71 bits per heavy atom. The van der Waals surface area contributed by atoms with Crippen LogP contribution in [0.3, 0.4) is 0 Å². The van der Waals surface area contributed by atoms with Gasteiger partial charge in [0.25, 0.3) is 11.8 Å². The zero-order valence-corrected chi connectivity index (χ0v) is 28.3. The molecule has 0 saturated carbocycles. The molecule has 0 bridgehead atoms. The van der Waals surface area contributed by atoms with Crippen LogP contribution in [0.15, 0.2) is 60.0 Å². The lowest BCUT2D eigenvalue weighted by Gasteiger charge is -2.19. The summed E-state index contributed by atoms with van der Waals surface area (Å²) in [7, 11) is 1.23. The molecule has 5 rings (SSSR count). The van der Waals surface area contributed by atoms with Crippen LogP contribution < -0.4 is 20.7 Å². The molecule has 0 spiro atoms. The predicted octanol–water partition coefficient (Wildman–Crippen LogP) is 6.62. The average molecular weight is 671 g/mol. The summed E-state index contributed by atoms with van der Waals surface area (Å²) in [6.45, 7) is 8.37. The van der Waals surface area contributed by atoms with Crippen molar-refractivity contribution in [1.82, 2.24) is 15.6 Å². The van der Waals surface area contributed by atoms with E-state index in [2.05, 4.69) is 27.0 Å². The lowest BCUT2D eigenvalue weighted by atomic mass is 9.93. The number of nitrogens with zero attached hydrogens (tertiary/aromatic N) is 1. The van der Waals surface area contributed by atoms with Crippen molar-refractivity contribution >= 4 is 40.9 Å². The smallest absolute Gasteiger partial charge is 0.412 e. The largest absolute Gasteiger partial charge is 0.493 e. The van der Waals surface area contributed by atoms with Crippen molar-refractivity contribution in [3.8, 4) is 27.3 Å². The third kappa shape index (κ3) is 8.00. The standard InChI is InChI=1S/C36H38N4O7S/c1-6-15-37-33(42)28-12-11-24(30(40-28)34(43)45-5)25-19-29-27(31-22(13-16-46-29)14-17-48-31)18-26(25)32(41)38-20-21-7-9-23(10-8-21)39-35(44)47-36(2,3)4/h7-12,14,17-19H,6,13,15-16,20H2,1-5H3,(H,37,42)(H,38,41)(H,39,44). The second-order valence-electron chi connectivity index (χ2n) is 12.1. The highest BCUT2D eigenvalue weighted by Gasteiger charge is 2.27. The van der Waals surface area contributed by atoms with E-state index in [1.54, 1.807) is 74.6 Å². The molecule has 3 amide bonds. The zero-order chi connectivity index (χ0) is 34.4. The molecule has 3 N–H and O–H groups in total. The predicted molar refractivity (Wildman–Crippen MR) is 184 cm³/mol. The monoisotopic (exact) mass is 670 g/mol. The Bertz CT molecular complexity index is 1840. The van der Waals surface area contributed by atoms with E-state index >= 15 is 0 Å². The van der Waals surface area contributed by atoms with Crippen molar-refractivity contribution < 1.29 is 33.4 Å². The number of fused-ring (bicyclic) bond motifs is 3. The molecule has 0 fully saturated rings. The second kappa shape index (κ2) is 14.7. The number of esters is 1. The van der Waals surface area contributed by atoms with Gasteiger partial charge in [-0.05, 0) is 86.2 Å². The fourth-order valence-corrected chi connectivity index (χ4v) is 6.09. The number of anilines is 1. The molecule has 0 radical (unpaired) electrons. The number of aromatic nitrogens is 1. The number of thiophene rings is 1. The normalized spacial score (nSPS) is 12.0. The van der Waals surface area contributed by atoms with Gasteiger partial charge >= 0.3 is 12.1 Å². The zero-order valence-electron chi connectivity index (χ0n) is 27.5. The molecule has 1 aliphatic heterocycles. The molecule has 4 aromatic rings. The molecule has 0 atom stereocenters. The number of rotatable bonds is 9.